The average molecular weight is 263 g/mol. The van der Waals surface area contributed by atoms with E-state index in [-0.39, 0.29) is 0 Å². The molecule has 6 heteroatoms. The summed E-state index contributed by atoms with van der Waals surface area (Å²) in [6.07, 6.45) is 8.32. The highest BCUT2D eigenvalue weighted by Gasteiger charge is 2.20. The number of rotatable bonds is 2. The molecule has 0 saturated heterocycles. The number of nitrogens with zero attached hydrogens (tertiary/aromatic N) is 4. The number of hydrazine groups is 2. The molecule has 0 spiro atoms. The van der Waals surface area contributed by atoms with Crippen LogP contribution in [0.5, 0.6) is 0 Å². The van der Waals surface area contributed by atoms with E-state index in [9.17, 15) is 0 Å². The van der Waals surface area contributed by atoms with Gasteiger partial charge in [0.15, 0.2) is 0 Å². The lowest BCUT2D eigenvalue weighted by molar-refractivity contribution is 0.722. The van der Waals surface area contributed by atoms with Gasteiger partial charge in [-0.3, -0.25) is 4.98 Å². The van der Waals surface area contributed by atoms with Crippen LogP contribution < -0.4 is 15.7 Å². The third-order valence-electron chi connectivity index (χ3n) is 3.18. The predicted molar refractivity (Wildman–Crippen MR) is 78.1 cm³/mol. The minimum absolute atomic E-state index is 0.931. The summed E-state index contributed by atoms with van der Waals surface area (Å²) >= 11 is 0. The summed E-state index contributed by atoms with van der Waals surface area (Å²) in [5.41, 5.74) is 5.87. The molecule has 0 atom stereocenters. The van der Waals surface area contributed by atoms with Crippen LogP contribution in [0.25, 0.3) is 10.9 Å². The normalized spacial score (nSPS) is 14.0. The molecule has 3 heterocycles. The number of pyridine rings is 1. The SMILES string of the molecule is [C]1=NNN(c2ccncc2)N1c1ccc2cc[nH]c2c1. The fraction of sp³-hybridized carbons (Fsp3) is 0. The van der Waals surface area contributed by atoms with Crippen molar-refractivity contribution in [3.63, 3.8) is 0 Å². The van der Waals surface area contributed by atoms with Crippen molar-refractivity contribution >= 4 is 28.6 Å². The van der Waals surface area contributed by atoms with Gasteiger partial charge in [0.05, 0.1) is 11.4 Å². The Labute approximate surface area is 115 Å². The van der Waals surface area contributed by atoms with Gasteiger partial charge in [0.1, 0.15) is 0 Å². The van der Waals surface area contributed by atoms with Crippen molar-refractivity contribution in [1.82, 2.24) is 15.5 Å². The number of aromatic nitrogens is 2. The van der Waals surface area contributed by atoms with Gasteiger partial charge >= 0.3 is 0 Å². The second kappa shape index (κ2) is 4.27. The van der Waals surface area contributed by atoms with E-state index in [0.29, 0.717) is 0 Å². The molecule has 0 saturated carbocycles. The molecule has 3 aromatic rings. The zero-order valence-corrected chi connectivity index (χ0v) is 10.5. The lowest BCUT2D eigenvalue weighted by Crippen LogP contribution is -2.43. The van der Waals surface area contributed by atoms with Crippen LogP contribution in [-0.4, -0.2) is 16.3 Å². The Morgan fingerprint density at radius 3 is 2.80 bits per heavy atom. The topological polar surface area (TPSA) is 59.6 Å². The fourth-order valence-corrected chi connectivity index (χ4v) is 2.21. The van der Waals surface area contributed by atoms with Crippen LogP contribution in [-0.2, 0) is 0 Å². The van der Waals surface area contributed by atoms with Crippen LogP contribution >= 0.6 is 0 Å². The summed E-state index contributed by atoms with van der Waals surface area (Å²) in [5.74, 6) is 0. The Kier molecular flexibility index (Phi) is 2.32. The maximum absolute atomic E-state index is 4.02. The van der Waals surface area contributed by atoms with Crippen molar-refractivity contribution in [3.8, 4) is 0 Å². The van der Waals surface area contributed by atoms with Gasteiger partial charge in [0.2, 0.25) is 6.34 Å². The van der Waals surface area contributed by atoms with Crippen molar-refractivity contribution in [2.75, 3.05) is 10.1 Å². The Hall–Kier alpha value is -3.02. The summed E-state index contributed by atoms with van der Waals surface area (Å²) in [7, 11) is 0. The van der Waals surface area contributed by atoms with E-state index >= 15 is 0 Å². The molecule has 2 aromatic heterocycles. The van der Waals surface area contributed by atoms with Crippen molar-refractivity contribution in [2.24, 2.45) is 5.10 Å². The van der Waals surface area contributed by atoms with Crippen LogP contribution in [0.4, 0.5) is 11.4 Å². The molecule has 0 amide bonds. The highest BCUT2D eigenvalue weighted by Crippen LogP contribution is 2.25. The summed E-state index contributed by atoms with van der Waals surface area (Å²) in [6, 6.07) is 12.0. The van der Waals surface area contributed by atoms with Crippen molar-refractivity contribution in [1.29, 1.82) is 0 Å². The summed E-state index contributed by atoms with van der Waals surface area (Å²) in [4.78, 5) is 7.22. The maximum atomic E-state index is 4.02. The van der Waals surface area contributed by atoms with Crippen LogP contribution in [0, 0.1) is 0 Å². The van der Waals surface area contributed by atoms with Gasteiger partial charge in [-0.1, -0.05) is 6.07 Å². The molecule has 6 nitrogen and oxygen atoms in total. The van der Waals surface area contributed by atoms with Crippen LogP contribution in [0.3, 0.4) is 0 Å². The molecular weight excluding hydrogens is 252 g/mol. The highest BCUT2D eigenvalue weighted by atomic mass is 15.9. The lowest BCUT2D eigenvalue weighted by atomic mass is 10.2. The molecule has 2 N–H and O–H groups in total. The number of fused-ring (bicyclic) bond motifs is 1. The molecule has 1 radical (unpaired) electrons. The van der Waals surface area contributed by atoms with Crippen molar-refractivity contribution in [2.45, 2.75) is 0 Å². The zero-order valence-electron chi connectivity index (χ0n) is 10.5. The smallest absolute Gasteiger partial charge is 0.222 e. The molecule has 20 heavy (non-hydrogen) atoms. The first kappa shape index (κ1) is 10.9. The Balaban J connectivity index is 1.74. The number of benzene rings is 1. The molecule has 1 aromatic carbocycles. The molecule has 97 valence electrons. The third-order valence-corrected chi connectivity index (χ3v) is 3.18. The second-order valence-corrected chi connectivity index (χ2v) is 4.39. The average Bonchev–Trinajstić information content (AvgIpc) is 3.16. The number of hydrogen-bond donors (Lipinski definition) is 2. The van der Waals surface area contributed by atoms with E-state index in [2.05, 4.69) is 39.1 Å². The van der Waals surface area contributed by atoms with Gasteiger partial charge < -0.3 is 4.98 Å². The first-order valence-corrected chi connectivity index (χ1v) is 6.20. The highest BCUT2D eigenvalue weighted by molar-refractivity contribution is 5.90. The lowest BCUT2D eigenvalue weighted by Gasteiger charge is -2.27. The number of hydrazone groups is 1. The molecule has 0 bridgehead atoms. The zero-order chi connectivity index (χ0) is 13.4. The van der Waals surface area contributed by atoms with Gasteiger partial charge in [-0.2, -0.15) is 10.7 Å². The van der Waals surface area contributed by atoms with E-state index in [0.717, 1.165) is 16.9 Å². The first-order valence-electron chi connectivity index (χ1n) is 6.20. The molecule has 0 aliphatic carbocycles. The summed E-state index contributed by atoms with van der Waals surface area (Å²) < 4.78 is 0. The third kappa shape index (κ3) is 1.66. The van der Waals surface area contributed by atoms with Crippen LogP contribution in [0.1, 0.15) is 0 Å². The van der Waals surface area contributed by atoms with Crippen LogP contribution in [0.15, 0.2) is 60.1 Å². The van der Waals surface area contributed by atoms with E-state index in [1.165, 1.54) is 5.39 Å². The van der Waals surface area contributed by atoms with E-state index in [1.807, 2.05) is 35.5 Å². The number of hydrogen-bond acceptors (Lipinski definition) is 5. The van der Waals surface area contributed by atoms with Gasteiger partial charge in [-0.05, 0) is 35.7 Å². The Bertz CT molecular complexity index is 763. The minimum Gasteiger partial charge on any atom is -0.361 e. The number of H-pyrrole nitrogens is 1. The van der Waals surface area contributed by atoms with Crippen LogP contribution in [0.2, 0.25) is 0 Å². The van der Waals surface area contributed by atoms with E-state index < -0.39 is 0 Å². The number of nitrogens with one attached hydrogen (secondary N) is 2. The number of anilines is 2. The molecular formula is C14H11N6. The minimum atomic E-state index is 0.931. The quantitative estimate of drug-likeness (QED) is 0.743. The first-order chi connectivity index (χ1) is 9.92. The Morgan fingerprint density at radius 2 is 1.90 bits per heavy atom. The van der Waals surface area contributed by atoms with Crippen molar-refractivity contribution in [3.05, 3.63) is 55.0 Å². The molecule has 1 aliphatic heterocycles. The number of aromatic amines is 1. The fourth-order valence-electron chi connectivity index (χ4n) is 2.21. The maximum Gasteiger partial charge on any atom is 0.222 e. The summed E-state index contributed by atoms with van der Waals surface area (Å²) in [6.45, 7) is 0. The molecule has 0 fully saturated rings. The monoisotopic (exact) mass is 263 g/mol. The van der Waals surface area contributed by atoms with Gasteiger partial charge in [-0.25, -0.2) is 5.01 Å². The van der Waals surface area contributed by atoms with Crippen molar-refractivity contribution < 1.29 is 0 Å². The molecule has 4 rings (SSSR count). The second-order valence-electron chi connectivity index (χ2n) is 4.39. The van der Waals surface area contributed by atoms with Gasteiger partial charge in [0, 0.05) is 24.1 Å². The predicted octanol–water partition coefficient (Wildman–Crippen LogP) is 2.13. The van der Waals surface area contributed by atoms with E-state index in [1.54, 1.807) is 17.5 Å². The largest absolute Gasteiger partial charge is 0.361 e. The molecule has 0 unspecified atom stereocenters. The van der Waals surface area contributed by atoms with Gasteiger partial charge in [-0.15, -0.1) is 5.10 Å². The van der Waals surface area contributed by atoms with Gasteiger partial charge in [0.25, 0.3) is 0 Å². The standard InChI is InChI=1S/C14H11N6/c1-2-13(9-14-11(1)3-8-16-14)19-10-17-18-20(19)12-4-6-15-7-5-12/h1-9,16,18H. The molecule has 1 aliphatic rings. The van der Waals surface area contributed by atoms with E-state index in [4.69, 9.17) is 0 Å². The Morgan fingerprint density at radius 1 is 1.00 bits per heavy atom. The summed E-state index contributed by atoms with van der Waals surface area (Å²) in [5, 5.41) is 8.77.